The molecule has 0 unspecified atom stereocenters. The smallest absolute Gasteiger partial charge is 0.410 e. The first-order chi connectivity index (χ1) is 12.2. The lowest BCUT2D eigenvalue weighted by Gasteiger charge is -2.25. The molecule has 0 atom stereocenters. The number of nitrogens with one attached hydrogen (secondary N) is 1. The molecule has 0 aliphatic carbocycles. The van der Waals surface area contributed by atoms with E-state index in [9.17, 15) is 9.59 Å². The van der Waals surface area contributed by atoms with Crippen LogP contribution in [-0.4, -0.2) is 49.4 Å². The van der Waals surface area contributed by atoms with Gasteiger partial charge in [-0.2, -0.15) is 5.10 Å². The van der Waals surface area contributed by atoms with Crippen molar-refractivity contribution in [1.29, 1.82) is 0 Å². The average Bonchev–Trinajstić information content (AvgIpc) is 3.19. The van der Waals surface area contributed by atoms with Crippen molar-refractivity contribution in [3.05, 3.63) is 52.2 Å². The van der Waals surface area contributed by atoms with Gasteiger partial charge in [-0.25, -0.2) is 10.2 Å². The van der Waals surface area contributed by atoms with Gasteiger partial charge in [0.2, 0.25) is 0 Å². The molecular weight excluding hydrogens is 342 g/mol. The lowest BCUT2D eigenvalue weighted by molar-refractivity contribution is 0.0416. The van der Waals surface area contributed by atoms with Crippen LogP contribution in [0.15, 0.2) is 46.9 Å². The largest absolute Gasteiger partial charge is 0.415 e. The van der Waals surface area contributed by atoms with Crippen LogP contribution in [0.25, 0.3) is 0 Å². The van der Waals surface area contributed by atoms with E-state index in [-0.39, 0.29) is 12.0 Å². The van der Waals surface area contributed by atoms with Crippen molar-refractivity contribution in [3.8, 4) is 5.75 Å². The molecule has 1 saturated heterocycles. The summed E-state index contributed by atoms with van der Waals surface area (Å²) in [6.07, 6.45) is 1.15. The number of morpholine rings is 1. The van der Waals surface area contributed by atoms with E-state index in [2.05, 4.69) is 10.5 Å². The second-order valence-corrected chi connectivity index (χ2v) is 6.16. The van der Waals surface area contributed by atoms with Crippen LogP contribution in [0.3, 0.4) is 0 Å². The molecule has 1 aliphatic heterocycles. The Morgan fingerprint density at radius 3 is 2.64 bits per heavy atom. The highest BCUT2D eigenvalue weighted by Gasteiger charge is 2.18. The number of benzene rings is 1. The Labute approximate surface area is 148 Å². The van der Waals surface area contributed by atoms with Gasteiger partial charge in [-0.15, -0.1) is 11.3 Å². The third kappa shape index (κ3) is 4.88. The summed E-state index contributed by atoms with van der Waals surface area (Å²) < 4.78 is 10.5. The van der Waals surface area contributed by atoms with Gasteiger partial charge in [-0.1, -0.05) is 6.07 Å². The first kappa shape index (κ1) is 17.1. The summed E-state index contributed by atoms with van der Waals surface area (Å²) >= 11 is 1.35. The number of carbonyl (C=O) groups is 2. The molecular formula is C17H17N3O4S. The van der Waals surface area contributed by atoms with Gasteiger partial charge in [-0.3, -0.25) is 4.79 Å². The molecule has 25 heavy (non-hydrogen) atoms. The SMILES string of the molecule is O=C(N/N=C\c1ccc(OC(=O)N2CCOCC2)cc1)c1cccs1. The molecule has 3 rings (SSSR count). The summed E-state index contributed by atoms with van der Waals surface area (Å²) in [5, 5.41) is 5.74. The van der Waals surface area contributed by atoms with E-state index >= 15 is 0 Å². The molecule has 0 spiro atoms. The normalized spacial score (nSPS) is 14.5. The quantitative estimate of drug-likeness (QED) is 0.671. The highest BCUT2D eigenvalue weighted by atomic mass is 32.1. The fourth-order valence-corrected chi connectivity index (χ4v) is 2.78. The molecule has 8 heteroatoms. The van der Waals surface area contributed by atoms with Crippen molar-refractivity contribution in [3.63, 3.8) is 0 Å². The van der Waals surface area contributed by atoms with Crippen LogP contribution >= 0.6 is 11.3 Å². The molecule has 0 saturated carbocycles. The number of hydrogen-bond donors (Lipinski definition) is 1. The summed E-state index contributed by atoms with van der Waals surface area (Å²) in [4.78, 5) is 25.9. The first-order valence-electron chi connectivity index (χ1n) is 7.74. The van der Waals surface area contributed by atoms with Crippen molar-refractivity contribution < 1.29 is 19.1 Å². The van der Waals surface area contributed by atoms with Gasteiger partial charge in [-0.05, 0) is 41.3 Å². The van der Waals surface area contributed by atoms with Crippen molar-refractivity contribution >= 4 is 29.6 Å². The van der Waals surface area contributed by atoms with Crippen molar-refractivity contribution in [1.82, 2.24) is 10.3 Å². The van der Waals surface area contributed by atoms with E-state index in [0.717, 1.165) is 5.56 Å². The topological polar surface area (TPSA) is 80.2 Å². The summed E-state index contributed by atoms with van der Waals surface area (Å²) in [6.45, 7) is 2.13. The van der Waals surface area contributed by atoms with Crippen LogP contribution in [0.5, 0.6) is 5.75 Å². The summed E-state index contributed by atoms with van der Waals surface area (Å²) in [6, 6.07) is 10.4. The molecule has 0 bridgehead atoms. The number of rotatable bonds is 4. The van der Waals surface area contributed by atoms with Gasteiger partial charge < -0.3 is 14.4 Å². The van der Waals surface area contributed by atoms with Gasteiger partial charge in [0.1, 0.15) is 5.75 Å². The van der Waals surface area contributed by atoms with E-state index < -0.39 is 0 Å². The number of thiophene rings is 1. The highest BCUT2D eigenvalue weighted by Crippen LogP contribution is 2.13. The Balaban J connectivity index is 1.50. The summed E-state index contributed by atoms with van der Waals surface area (Å²) in [5.74, 6) is 0.207. The van der Waals surface area contributed by atoms with Crippen LogP contribution < -0.4 is 10.2 Å². The van der Waals surface area contributed by atoms with Crippen molar-refractivity contribution in [2.75, 3.05) is 26.3 Å². The predicted molar refractivity (Wildman–Crippen MR) is 94.2 cm³/mol. The Bertz CT molecular complexity index is 738. The predicted octanol–water partition coefficient (Wildman–Crippen LogP) is 2.34. The van der Waals surface area contributed by atoms with Gasteiger partial charge in [0.05, 0.1) is 24.3 Å². The van der Waals surface area contributed by atoms with E-state index in [1.807, 2.05) is 5.38 Å². The Hall–Kier alpha value is -2.71. The van der Waals surface area contributed by atoms with Crippen LogP contribution in [0.4, 0.5) is 4.79 Å². The second-order valence-electron chi connectivity index (χ2n) is 5.21. The first-order valence-corrected chi connectivity index (χ1v) is 8.62. The van der Waals surface area contributed by atoms with Crippen molar-refractivity contribution in [2.24, 2.45) is 5.10 Å². The maximum absolute atomic E-state index is 12.0. The van der Waals surface area contributed by atoms with E-state index in [0.29, 0.717) is 36.9 Å². The minimum atomic E-state index is -0.382. The minimum absolute atomic E-state index is 0.248. The van der Waals surface area contributed by atoms with Crippen LogP contribution in [-0.2, 0) is 4.74 Å². The summed E-state index contributed by atoms with van der Waals surface area (Å²) in [7, 11) is 0. The fourth-order valence-electron chi connectivity index (χ4n) is 2.16. The number of hydrazone groups is 1. The van der Waals surface area contributed by atoms with Gasteiger partial charge >= 0.3 is 6.09 Å². The van der Waals surface area contributed by atoms with Gasteiger partial charge in [0.25, 0.3) is 5.91 Å². The highest BCUT2D eigenvalue weighted by molar-refractivity contribution is 7.12. The fraction of sp³-hybridized carbons (Fsp3) is 0.235. The molecule has 1 aromatic carbocycles. The standard InChI is InChI=1S/C17H17N3O4S/c21-16(15-2-1-11-25-15)19-18-12-13-3-5-14(6-4-13)24-17(22)20-7-9-23-10-8-20/h1-6,11-12H,7-10H2,(H,19,21)/b18-12-. The summed E-state index contributed by atoms with van der Waals surface area (Å²) in [5.41, 5.74) is 3.24. The molecule has 1 aliphatic rings. The Kier molecular flexibility index (Phi) is 5.76. The average molecular weight is 359 g/mol. The maximum atomic E-state index is 12.0. The number of hydrogen-bond acceptors (Lipinski definition) is 6. The Morgan fingerprint density at radius 2 is 1.96 bits per heavy atom. The van der Waals surface area contributed by atoms with Gasteiger partial charge in [0, 0.05) is 13.1 Å². The number of ether oxygens (including phenoxy) is 2. The molecule has 2 heterocycles. The van der Waals surface area contributed by atoms with E-state index in [4.69, 9.17) is 9.47 Å². The monoisotopic (exact) mass is 359 g/mol. The second kappa shape index (κ2) is 8.41. The number of carbonyl (C=O) groups excluding carboxylic acids is 2. The maximum Gasteiger partial charge on any atom is 0.415 e. The lowest BCUT2D eigenvalue weighted by Crippen LogP contribution is -2.42. The third-order valence-corrected chi connectivity index (χ3v) is 4.35. The van der Waals surface area contributed by atoms with E-state index in [1.165, 1.54) is 17.6 Å². The zero-order chi connectivity index (χ0) is 17.5. The molecule has 1 aromatic heterocycles. The molecule has 1 fully saturated rings. The lowest BCUT2D eigenvalue weighted by atomic mass is 10.2. The number of amides is 2. The van der Waals surface area contributed by atoms with Crippen LogP contribution in [0.2, 0.25) is 0 Å². The van der Waals surface area contributed by atoms with Crippen molar-refractivity contribution in [2.45, 2.75) is 0 Å². The Morgan fingerprint density at radius 1 is 1.20 bits per heavy atom. The molecule has 7 nitrogen and oxygen atoms in total. The van der Waals surface area contributed by atoms with Crippen LogP contribution in [0, 0.1) is 0 Å². The number of nitrogens with zero attached hydrogens (tertiary/aromatic N) is 2. The zero-order valence-electron chi connectivity index (χ0n) is 13.4. The molecule has 1 N–H and O–H groups in total. The molecule has 2 amide bonds. The zero-order valence-corrected chi connectivity index (χ0v) is 14.2. The minimum Gasteiger partial charge on any atom is -0.410 e. The molecule has 130 valence electrons. The van der Waals surface area contributed by atoms with E-state index in [1.54, 1.807) is 41.3 Å². The molecule has 0 radical (unpaired) electrons. The van der Waals surface area contributed by atoms with Crippen LogP contribution in [0.1, 0.15) is 15.2 Å². The van der Waals surface area contributed by atoms with Gasteiger partial charge in [0.15, 0.2) is 0 Å². The third-order valence-electron chi connectivity index (χ3n) is 3.48. The molecule has 2 aromatic rings.